The summed E-state index contributed by atoms with van der Waals surface area (Å²) in [6.07, 6.45) is 9.36. The van der Waals surface area contributed by atoms with Crippen LogP contribution in [0, 0.1) is 0 Å². The zero-order valence-corrected chi connectivity index (χ0v) is 21.8. The maximum Gasteiger partial charge on any atom is 0.330 e. The number of anilines is 2. The van der Waals surface area contributed by atoms with Gasteiger partial charge in [0.1, 0.15) is 0 Å². The third-order valence-electron chi connectivity index (χ3n) is 6.27. The van der Waals surface area contributed by atoms with Crippen molar-refractivity contribution in [2.24, 2.45) is 0 Å². The van der Waals surface area contributed by atoms with Gasteiger partial charge in [-0.25, -0.2) is 9.78 Å². The van der Waals surface area contributed by atoms with Gasteiger partial charge in [0.25, 0.3) is 0 Å². The van der Waals surface area contributed by atoms with Crippen LogP contribution >= 0.6 is 0 Å². The van der Waals surface area contributed by atoms with E-state index in [1.54, 1.807) is 12.3 Å². The predicted octanol–water partition coefficient (Wildman–Crippen LogP) is 6.85. The molecular formula is C31H34N4O2. The molecule has 1 aliphatic heterocycles. The summed E-state index contributed by atoms with van der Waals surface area (Å²) in [6, 6.07) is 20.6. The lowest BCUT2D eigenvalue weighted by molar-refractivity contribution is -0.134. The Balaban J connectivity index is 0.00000156. The molecule has 3 heterocycles. The van der Waals surface area contributed by atoms with Crippen LogP contribution in [0.15, 0.2) is 79.1 Å². The summed E-state index contributed by atoms with van der Waals surface area (Å²) in [5.74, 6) is -0.376. The molecule has 6 heteroatoms. The number of aromatic nitrogens is 2. The van der Waals surface area contributed by atoms with Crippen molar-refractivity contribution in [3.05, 3.63) is 90.3 Å². The summed E-state index contributed by atoms with van der Waals surface area (Å²) in [7, 11) is 1.37. The fourth-order valence-electron chi connectivity index (χ4n) is 4.37. The molecule has 0 spiro atoms. The van der Waals surface area contributed by atoms with Crippen molar-refractivity contribution in [2.45, 2.75) is 33.2 Å². The van der Waals surface area contributed by atoms with Gasteiger partial charge >= 0.3 is 5.97 Å². The van der Waals surface area contributed by atoms with E-state index >= 15 is 0 Å². The van der Waals surface area contributed by atoms with E-state index in [1.165, 1.54) is 44.7 Å². The molecule has 0 unspecified atom stereocenters. The number of methoxy groups -OCH3 is 1. The minimum Gasteiger partial charge on any atom is -0.466 e. The van der Waals surface area contributed by atoms with Gasteiger partial charge < -0.3 is 10.1 Å². The Labute approximate surface area is 219 Å². The van der Waals surface area contributed by atoms with Crippen LogP contribution in [-0.4, -0.2) is 41.0 Å². The van der Waals surface area contributed by atoms with E-state index in [0.717, 1.165) is 45.6 Å². The molecule has 1 aliphatic rings. The lowest BCUT2D eigenvalue weighted by Gasteiger charge is -2.15. The summed E-state index contributed by atoms with van der Waals surface area (Å²) in [6.45, 7) is 7.40. The Bertz CT molecular complexity index is 1340. The van der Waals surface area contributed by atoms with Crippen molar-refractivity contribution in [1.82, 2.24) is 14.9 Å². The molecule has 0 aliphatic carbocycles. The average molecular weight is 495 g/mol. The number of likely N-dealkylation sites (tertiary alicyclic amines) is 1. The number of ether oxygens (including phenoxy) is 1. The molecule has 2 aromatic heterocycles. The highest BCUT2D eigenvalue weighted by atomic mass is 16.5. The van der Waals surface area contributed by atoms with Crippen LogP contribution in [0.4, 0.5) is 11.4 Å². The Morgan fingerprint density at radius 3 is 2.46 bits per heavy atom. The Hall–Kier alpha value is -4.03. The molecular weight excluding hydrogens is 460 g/mol. The molecule has 1 N–H and O–H groups in total. The zero-order valence-electron chi connectivity index (χ0n) is 21.8. The number of nitrogens with one attached hydrogen (secondary N) is 1. The largest absolute Gasteiger partial charge is 0.466 e. The molecule has 0 atom stereocenters. The zero-order chi connectivity index (χ0) is 26.0. The Kier molecular flexibility index (Phi) is 9.00. The Morgan fingerprint density at radius 1 is 1.03 bits per heavy atom. The first-order chi connectivity index (χ1) is 18.2. The summed E-state index contributed by atoms with van der Waals surface area (Å²) in [5.41, 5.74) is 6.96. The van der Waals surface area contributed by atoms with Crippen molar-refractivity contribution in [1.29, 1.82) is 0 Å². The molecule has 2 aromatic carbocycles. The van der Waals surface area contributed by atoms with Crippen molar-refractivity contribution in [3.63, 3.8) is 0 Å². The second-order valence-corrected chi connectivity index (χ2v) is 8.73. The minimum absolute atomic E-state index is 0.376. The van der Waals surface area contributed by atoms with Crippen LogP contribution in [0.3, 0.4) is 0 Å². The number of carbonyl (C=O) groups excluding carboxylic acids is 1. The SMILES string of the molecule is CC.COC(=O)/C=C/c1ccc(-c2cc(Nc3ccc(CN4CCCC4)cc3)c3cnccc3n2)cc1. The van der Waals surface area contributed by atoms with Gasteiger partial charge in [-0.3, -0.25) is 9.88 Å². The van der Waals surface area contributed by atoms with E-state index in [2.05, 4.69) is 50.3 Å². The van der Waals surface area contributed by atoms with Crippen LogP contribution in [0.1, 0.15) is 37.8 Å². The second kappa shape index (κ2) is 12.8. The molecule has 1 fully saturated rings. The Morgan fingerprint density at radius 2 is 1.76 bits per heavy atom. The van der Waals surface area contributed by atoms with Crippen molar-refractivity contribution in [3.8, 4) is 11.3 Å². The van der Waals surface area contributed by atoms with Gasteiger partial charge in [0.15, 0.2) is 0 Å². The van der Waals surface area contributed by atoms with Crippen molar-refractivity contribution >= 4 is 34.3 Å². The fourth-order valence-corrected chi connectivity index (χ4v) is 4.37. The van der Waals surface area contributed by atoms with Gasteiger partial charge in [-0.05, 0) is 67.4 Å². The third-order valence-corrected chi connectivity index (χ3v) is 6.27. The monoisotopic (exact) mass is 494 g/mol. The molecule has 1 saturated heterocycles. The topological polar surface area (TPSA) is 67.3 Å². The van der Waals surface area contributed by atoms with E-state index in [1.807, 2.05) is 50.4 Å². The van der Waals surface area contributed by atoms with Crippen LogP contribution < -0.4 is 5.32 Å². The van der Waals surface area contributed by atoms with Crippen molar-refractivity contribution < 1.29 is 9.53 Å². The maximum absolute atomic E-state index is 11.3. The van der Waals surface area contributed by atoms with E-state index in [4.69, 9.17) is 4.98 Å². The number of nitrogens with zero attached hydrogens (tertiary/aromatic N) is 3. The van der Waals surface area contributed by atoms with E-state index in [0.29, 0.717) is 0 Å². The van der Waals surface area contributed by atoms with Gasteiger partial charge in [-0.1, -0.05) is 50.2 Å². The number of rotatable bonds is 7. The number of esters is 1. The first-order valence-corrected chi connectivity index (χ1v) is 12.9. The highest BCUT2D eigenvalue weighted by Crippen LogP contribution is 2.30. The highest BCUT2D eigenvalue weighted by Gasteiger charge is 2.12. The van der Waals surface area contributed by atoms with Gasteiger partial charge in [0.05, 0.1) is 24.0 Å². The number of hydrogen-bond donors (Lipinski definition) is 1. The number of fused-ring (bicyclic) bond motifs is 1. The molecule has 0 bridgehead atoms. The quantitative estimate of drug-likeness (QED) is 0.224. The lowest BCUT2D eigenvalue weighted by Crippen LogP contribution is -2.18. The molecule has 0 amide bonds. The van der Waals surface area contributed by atoms with E-state index in [9.17, 15) is 4.79 Å². The standard InChI is InChI=1S/C29H28N4O2.C2H6/c1-35-29(34)13-8-21-4-9-23(10-5-21)27-18-28(25-19-30-15-14-26(25)32-27)31-24-11-6-22(7-12-24)20-33-16-2-3-17-33;1-2/h4-15,18-19H,2-3,16-17,20H2,1H3,(H,31,32);1-2H3/b13-8+;. The summed E-state index contributed by atoms with van der Waals surface area (Å²) in [5, 5.41) is 4.54. The normalized spacial score (nSPS) is 13.4. The molecule has 37 heavy (non-hydrogen) atoms. The second-order valence-electron chi connectivity index (χ2n) is 8.73. The predicted molar refractivity (Wildman–Crippen MR) is 152 cm³/mol. The first kappa shape index (κ1) is 26.0. The average Bonchev–Trinajstić information content (AvgIpc) is 3.47. The number of pyridine rings is 2. The van der Waals surface area contributed by atoms with Gasteiger partial charge in [-0.15, -0.1) is 0 Å². The van der Waals surface area contributed by atoms with Crippen LogP contribution in [-0.2, 0) is 16.1 Å². The summed E-state index contributed by atoms with van der Waals surface area (Å²) < 4.78 is 4.65. The first-order valence-electron chi connectivity index (χ1n) is 12.9. The van der Waals surface area contributed by atoms with E-state index < -0.39 is 0 Å². The molecule has 5 rings (SSSR count). The number of benzene rings is 2. The fraction of sp³-hybridized carbons (Fsp3) is 0.258. The summed E-state index contributed by atoms with van der Waals surface area (Å²) in [4.78, 5) is 23.0. The third kappa shape index (κ3) is 6.80. The smallest absolute Gasteiger partial charge is 0.330 e. The van der Waals surface area contributed by atoms with E-state index in [-0.39, 0.29) is 5.97 Å². The minimum atomic E-state index is -0.376. The van der Waals surface area contributed by atoms with Gasteiger partial charge in [0, 0.05) is 41.7 Å². The molecule has 6 nitrogen and oxygen atoms in total. The molecule has 0 saturated carbocycles. The summed E-state index contributed by atoms with van der Waals surface area (Å²) >= 11 is 0. The number of hydrogen-bond acceptors (Lipinski definition) is 6. The highest BCUT2D eigenvalue weighted by molar-refractivity contribution is 5.95. The number of carbonyl (C=O) groups is 1. The molecule has 4 aromatic rings. The van der Waals surface area contributed by atoms with Crippen LogP contribution in [0.25, 0.3) is 28.2 Å². The maximum atomic E-state index is 11.3. The van der Waals surface area contributed by atoms with Crippen LogP contribution in [0.2, 0.25) is 0 Å². The van der Waals surface area contributed by atoms with Gasteiger partial charge in [-0.2, -0.15) is 0 Å². The lowest BCUT2D eigenvalue weighted by atomic mass is 10.1. The molecule has 0 radical (unpaired) electrons. The van der Waals surface area contributed by atoms with Gasteiger partial charge in [0.2, 0.25) is 0 Å². The van der Waals surface area contributed by atoms with Crippen LogP contribution in [0.5, 0.6) is 0 Å². The van der Waals surface area contributed by atoms with Crippen molar-refractivity contribution in [2.75, 3.05) is 25.5 Å². The molecule has 190 valence electrons.